The van der Waals surface area contributed by atoms with E-state index < -0.39 is 12.0 Å². The van der Waals surface area contributed by atoms with E-state index in [1.54, 1.807) is 6.92 Å². The van der Waals surface area contributed by atoms with Crippen molar-refractivity contribution in [1.82, 2.24) is 10.2 Å². The minimum atomic E-state index is -0.875. The first kappa shape index (κ1) is 22.7. The molecular weight excluding hydrogens is 372 g/mol. The van der Waals surface area contributed by atoms with Crippen LogP contribution in [-0.2, 0) is 24.5 Å². The van der Waals surface area contributed by atoms with E-state index in [0.29, 0.717) is 25.3 Å². The Morgan fingerprint density at radius 3 is 2.48 bits per heavy atom. The lowest BCUT2D eigenvalue weighted by Gasteiger charge is -2.34. The number of esters is 1. The summed E-state index contributed by atoms with van der Waals surface area (Å²) in [6.45, 7) is 10.6. The number of carbonyl (C=O) groups excluding carboxylic acids is 3. The molecule has 1 aliphatic rings. The average Bonchev–Trinajstić information content (AvgIpc) is 2.67. The Balaban J connectivity index is 1.97. The Labute approximate surface area is 172 Å². The van der Waals surface area contributed by atoms with Gasteiger partial charge in [0.2, 0.25) is 5.91 Å². The first-order chi connectivity index (χ1) is 13.6. The highest BCUT2D eigenvalue weighted by molar-refractivity contribution is 5.92. The molecule has 1 heterocycles. The van der Waals surface area contributed by atoms with Gasteiger partial charge in [-0.25, -0.2) is 0 Å². The minimum Gasteiger partial charge on any atom is -0.484 e. The third-order valence-electron chi connectivity index (χ3n) is 5.00. The van der Waals surface area contributed by atoms with Crippen LogP contribution >= 0.6 is 0 Å². The van der Waals surface area contributed by atoms with Gasteiger partial charge in [0.25, 0.3) is 5.91 Å². The fraction of sp³-hybridized carbons (Fsp3) is 0.591. The SMILES string of the molecule is CCC(C)OC(=O)CC1C(=O)NCCN1C(=O)COc1ccc(C(C)(C)C)cc1. The summed E-state index contributed by atoms with van der Waals surface area (Å²) in [5.41, 5.74) is 1.20. The van der Waals surface area contributed by atoms with E-state index >= 15 is 0 Å². The summed E-state index contributed by atoms with van der Waals surface area (Å²) >= 11 is 0. The molecule has 160 valence electrons. The van der Waals surface area contributed by atoms with E-state index in [9.17, 15) is 14.4 Å². The molecule has 7 heteroatoms. The van der Waals surface area contributed by atoms with Crippen molar-refractivity contribution in [2.75, 3.05) is 19.7 Å². The zero-order valence-corrected chi connectivity index (χ0v) is 18.0. The molecule has 0 radical (unpaired) electrons. The van der Waals surface area contributed by atoms with Crippen LogP contribution in [-0.4, -0.2) is 54.5 Å². The molecule has 1 N–H and O–H groups in total. The van der Waals surface area contributed by atoms with Crippen molar-refractivity contribution in [3.05, 3.63) is 29.8 Å². The van der Waals surface area contributed by atoms with Crippen molar-refractivity contribution in [1.29, 1.82) is 0 Å². The molecule has 2 rings (SSSR count). The molecule has 2 unspecified atom stereocenters. The summed E-state index contributed by atoms with van der Waals surface area (Å²) in [7, 11) is 0. The maximum atomic E-state index is 12.7. The summed E-state index contributed by atoms with van der Waals surface area (Å²) in [6, 6.07) is 6.74. The maximum Gasteiger partial charge on any atom is 0.308 e. The number of ether oxygens (including phenoxy) is 2. The molecule has 1 aromatic carbocycles. The van der Waals surface area contributed by atoms with Crippen molar-refractivity contribution in [2.45, 2.75) is 65.0 Å². The molecule has 1 fully saturated rings. The molecule has 0 saturated carbocycles. The van der Waals surface area contributed by atoms with Crippen LogP contribution in [0.1, 0.15) is 53.0 Å². The van der Waals surface area contributed by atoms with Crippen LogP contribution < -0.4 is 10.1 Å². The number of carbonyl (C=O) groups is 3. The highest BCUT2D eigenvalue weighted by atomic mass is 16.5. The predicted octanol–water partition coefficient (Wildman–Crippen LogP) is 2.42. The normalized spacial score (nSPS) is 18.0. The second-order valence-corrected chi connectivity index (χ2v) is 8.37. The van der Waals surface area contributed by atoms with E-state index in [0.717, 1.165) is 0 Å². The van der Waals surface area contributed by atoms with E-state index in [1.807, 2.05) is 31.2 Å². The maximum absolute atomic E-state index is 12.7. The largest absolute Gasteiger partial charge is 0.484 e. The van der Waals surface area contributed by atoms with Gasteiger partial charge in [-0.1, -0.05) is 39.8 Å². The number of hydrogen-bond acceptors (Lipinski definition) is 5. The lowest BCUT2D eigenvalue weighted by Crippen LogP contribution is -2.58. The van der Waals surface area contributed by atoms with Crippen LogP contribution in [0, 0.1) is 0 Å². The topological polar surface area (TPSA) is 84.9 Å². The van der Waals surface area contributed by atoms with E-state index in [-0.39, 0.29) is 36.4 Å². The van der Waals surface area contributed by atoms with Crippen LogP contribution in [0.4, 0.5) is 0 Å². The van der Waals surface area contributed by atoms with Crippen LogP contribution in [0.5, 0.6) is 5.75 Å². The molecule has 0 spiro atoms. The van der Waals surface area contributed by atoms with Gasteiger partial charge in [-0.2, -0.15) is 0 Å². The second-order valence-electron chi connectivity index (χ2n) is 8.37. The number of nitrogens with one attached hydrogen (secondary N) is 1. The molecule has 0 aliphatic carbocycles. The van der Waals surface area contributed by atoms with Gasteiger partial charge < -0.3 is 19.7 Å². The molecule has 29 heavy (non-hydrogen) atoms. The van der Waals surface area contributed by atoms with Crippen molar-refractivity contribution in [2.24, 2.45) is 0 Å². The predicted molar refractivity (Wildman–Crippen MR) is 110 cm³/mol. The van der Waals surface area contributed by atoms with E-state index in [2.05, 4.69) is 26.1 Å². The Morgan fingerprint density at radius 2 is 1.90 bits per heavy atom. The van der Waals surface area contributed by atoms with Crippen LogP contribution in [0.15, 0.2) is 24.3 Å². The lowest BCUT2D eigenvalue weighted by atomic mass is 9.87. The van der Waals surface area contributed by atoms with Gasteiger partial charge in [-0.15, -0.1) is 0 Å². The highest BCUT2D eigenvalue weighted by Crippen LogP contribution is 2.24. The number of nitrogens with zero attached hydrogens (tertiary/aromatic N) is 1. The van der Waals surface area contributed by atoms with Gasteiger partial charge >= 0.3 is 5.97 Å². The Kier molecular flexibility index (Phi) is 7.65. The van der Waals surface area contributed by atoms with Crippen LogP contribution in [0.2, 0.25) is 0 Å². The monoisotopic (exact) mass is 404 g/mol. The van der Waals surface area contributed by atoms with Crippen molar-refractivity contribution < 1.29 is 23.9 Å². The molecule has 1 saturated heterocycles. The first-order valence-electron chi connectivity index (χ1n) is 10.1. The van der Waals surface area contributed by atoms with Gasteiger partial charge in [-0.3, -0.25) is 14.4 Å². The molecular formula is C22H32N2O5. The molecule has 2 amide bonds. The molecule has 2 atom stereocenters. The summed E-state index contributed by atoms with van der Waals surface area (Å²) in [6.07, 6.45) is 0.299. The first-order valence-corrected chi connectivity index (χ1v) is 10.1. The Hall–Kier alpha value is -2.57. The lowest BCUT2D eigenvalue weighted by molar-refractivity contribution is -0.155. The fourth-order valence-electron chi connectivity index (χ4n) is 3.01. The summed E-state index contributed by atoms with van der Waals surface area (Å²) in [5.74, 6) is -0.584. The van der Waals surface area contributed by atoms with Gasteiger partial charge in [0.1, 0.15) is 11.8 Å². The van der Waals surface area contributed by atoms with Crippen molar-refractivity contribution in [3.63, 3.8) is 0 Å². The summed E-state index contributed by atoms with van der Waals surface area (Å²) < 4.78 is 10.9. The van der Waals surface area contributed by atoms with Gasteiger partial charge in [0.05, 0.1) is 12.5 Å². The number of benzene rings is 1. The Morgan fingerprint density at radius 1 is 1.24 bits per heavy atom. The molecule has 0 bridgehead atoms. The Bertz CT molecular complexity index is 724. The van der Waals surface area contributed by atoms with E-state index in [1.165, 1.54) is 10.5 Å². The number of piperazine rings is 1. The minimum absolute atomic E-state index is 0.0343. The highest BCUT2D eigenvalue weighted by Gasteiger charge is 2.35. The third-order valence-corrected chi connectivity index (χ3v) is 5.00. The zero-order valence-electron chi connectivity index (χ0n) is 18.0. The third kappa shape index (κ3) is 6.48. The second kappa shape index (κ2) is 9.76. The zero-order chi connectivity index (χ0) is 21.6. The molecule has 1 aliphatic heterocycles. The summed E-state index contributed by atoms with van der Waals surface area (Å²) in [4.78, 5) is 38.5. The summed E-state index contributed by atoms with van der Waals surface area (Å²) in [5, 5.41) is 2.70. The smallest absolute Gasteiger partial charge is 0.308 e. The number of rotatable bonds is 7. The number of hydrogen-bond donors (Lipinski definition) is 1. The van der Waals surface area contributed by atoms with Crippen molar-refractivity contribution >= 4 is 17.8 Å². The van der Waals surface area contributed by atoms with Crippen LogP contribution in [0.3, 0.4) is 0 Å². The standard InChI is InChI=1S/C22H32N2O5/c1-6-15(2)29-20(26)13-18-21(27)23-11-12-24(18)19(25)14-28-17-9-7-16(8-10-17)22(3,4)5/h7-10,15,18H,6,11-14H2,1-5H3,(H,23,27). The van der Waals surface area contributed by atoms with Gasteiger partial charge in [0.15, 0.2) is 6.61 Å². The quantitative estimate of drug-likeness (QED) is 0.706. The molecule has 7 nitrogen and oxygen atoms in total. The average molecular weight is 405 g/mol. The molecule has 0 aromatic heterocycles. The number of amides is 2. The van der Waals surface area contributed by atoms with Crippen molar-refractivity contribution in [3.8, 4) is 5.75 Å². The van der Waals surface area contributed by atoms with Gasteiger partial charge in [-0.05, 0) is 36.5 Å². The molecule has 1 aromatic rings. The fourth-order valence-corrected chi connectivity index (χ4v) is 3.01. The van der Waals surface area contributed by atoms with E-state index in [4.69, 9.17) is 9.47 Å². The van der Waals surface area contributed by atoms with Crippen LogP contribution in [0.25, 0.3) is 0 Å². The van der Waals surface area contributed by atoms with Gasteiger partial charge in [0, 0.05) is 13.1 Å².